The first-order chi connectivity index (χ1) is 7.34. The molecule has 0 aliphatic carbocycles. The predicted molar refractivity (Wildman–Crippen MR) is 61.6 cm³/mol. The van der Waals surface area contributed by atoms with Crippen molar-refractivity contribution in [2.75, 3.05) is 5.32 Å². The maximum atomic E-state index is 11.4. The minimum atomic E-state index is -0.0706. The number of hydrogen-bond acceptors (Lipinski definition) is 1. The third kappa shape index (κ3) is 1.22. The monoisotopic (exact) mass is 195 g/mol. The quantitative estimate of drug-likeness (QED) is 0.688. The molecule has 1 N–H and O–H groups in total. The van der Waals surface area contributed by atoms with E-state index in [1.807, 2.05) is 42.5 Å². The van der Waals surface area contributed by atoms with Gasteiger partial charge in [0.05, 0.1) is 0 Å². The van der Waals surface area contributed by atoms with Crippen molar-refractivity contribution in [2.24, 2.45) is 0 Å². The van der Waals surface area contributed by atoms with Crippen molar-refractivity contribution in [3.63, 3.8) is 0 Å². The second-order valence-corrected chi connectivity index (χ2v) is 3.57. The molecule has 0 bridgehead atoms. The smallest absolute Gasteiger partial charge is 0.248 e. The first-order valence-electron chi connectivity index (χ1n) is 4.85. The van der Waals surface area contributed by atoms with Crippen LogP contribution in [0.3, 0.4) is 0 Å². The lowest BCUT2D eigenvalue weighted by Gasteiger charge is -2.06. The molecule has 2 nitrogen and oxygen atoms in total. The SMILES string of the molecule is O=C1C=Cc2cccc3cccc(c23)N1. The molecule has 3 rings (SSSR count). The summed E-state index contributed by atoms with van der Waals surface area (Å²) < 4.78 is 0. The van der Waals surface area contributed by atoms with Gasteiger partial charge in [-0.3, -0.25) is 4.79 Å². The summed E-state index contributed by atoms with van der Waals surface area (Å²) in [4.78, 5) is 11.4. The minimum absolute atomic E-state index is 0.0706. The Morgan fingerprint density at radius 2 is 1.73 bits per heavy atom. The molecular weight excluding hydrogens is 186 g/mol. The summed E-state index contributed by atoms with van der Waals surface area (Å²) in [6.07, 6.45) is 3.42. The largest absolute Gasteiger partial charge is 0.322 e. The molecule has 0 atom stereocenters. The summed E-state index contributed by atoms with van der Waals surface area (Å²) in [6, 6.07) is 12.0. The fraction of sp³-hybridized carbons (Fsp3) is 0. The van der Waals surface area contributed by atoms with Crippen molar-refractivity contribution in [1.29, 1.82) is 0 Å². The highest BCUT2D eigenvalue weighted by Crippen LogP contribution is 2.29. The van der Waals surface area contributed by atoms with E-state index in [-0.39, 0.29) is 5.91 Å². The lowest BCUT2D eigenvalue weighted by atomic mass is 10.0. The number of carbonyl (C=O) groups is 1. The van der Waals surface area contributed by atoms with Crippen LogP contribution in [-0.4, -0.2) is 5.91 Å². The zero-order chi connectivity index (χ0) is 10.3. The Morgan fingerprint density at radius 1 is 0.933 bits per heavy atom. The molecule has 0 spiro atoms. The molecular formula is C13H9NO. The van der Waals surface area contributed by atoms with Crippen molar-refractivity contribution in [3.05, 3.63) is 48.0 Å². The summed E-state index contributed by atoms with van der Waals surface area (Å²) in [5.74, 6) is -0.0706. The summed E-state index contributed by atoms with van der Waals surface area (Å²) in [5.41, 5.74) is 1.97. The van der Waals surface area contributed by atoms with E-state index in [2.05, 4.69) is 5.32 Å². The van der Waals surface area contributed by atoms with Crippen LogP contribution in [0.5, 0.6) is 0 Å². The first-order valence-corrected chi connectivity index (χ1v) is 4.85. The van der Waals surface area contributed by atoms with E-state index >= 15 is 0 Å². The number of rotatable bonds is 0. The van der Waals surface area contributed by atoms with Gasteiger partial charge < -0.3 is 5.32 Å². The molecule has 1 aliphatic rings. The van der Waals surface area contributed by atoms with Crippen LogP contribution in [0, 0.1) is 0 Å². The van der Waals surface area contributed by atoms with Crippen LogP contribution in [0.4, 0.5) is 5.69 Å². The van der Waals surface area contributed by atoms with Crippen LogP contribution in [0.15, 0.2) is 42.5 Å². The van der Waals surface area contributed by atoms with Gasteiger partial charge >= 0.3 is 0 Å². The molecule has 0 saturated heterocycles. The molecule has 1 amide bonds. The number of anilines is 1. The molecule has 15 heavy (non-hydrogen) atoms. The van der Waals surface area contributed by atoms with Crippen LogP contribution in [0.1, 0.15) is 5.56 Å². The highest BCUT2D eigenvalue weighted by atomic mass is 16.1. The van der Waals surface area contributed by atoms with E-state index in [9.17, 15) is 4.79 Å². The average molecular weight is 195 g/mol. The molecule has 0 aromatic heterocycles. The van der Waals surface area contributed by atoms with Crippen molar-refractivity contribution in [3.8, 4) is 0 Å². The molecule has 1 heterocycles. The van der Waals surface area contributed by atoms with Gasteiger partial charge in [0.25, 0.3) is 0 Å². The Morgan fingerprint density at radius 3 is 2.60 bits per heavy atom. The van der Waals surface area contributed by atoms with Crippen molar-refractivity contribution < 1.29 is 4.79 Å². The van der Waals surface area contributed by atoms with Crippen molar-refractivity contribution in [2.45, 2.75) is 0 Å². The molecule has 2 heteroatoms. The lowest BCUT2D eigenvalue weighted by molar-refractivity contribution is -0.111. The van der Waals surface area contributed by atoms with Crippen LogP contribution in [-0.2, 0) is 4.79 Å². The number of carbonyl (C=O) groups excluding carboxylic acids is 1. The number of benzene rings is 2. The maximum Gasteiger partial charge on any atom is 0.248 e. The zero-order valence-electron chi connectivity index (χ0n) is 8.03. The fourth-order valence-electron chi connectivity index (χ4n) is 1.95. The van der Waals surface area contributed by atoms with Gasteiger partial charge in [0.15, 0.2) is 0 Å². The van der Waals surface area contributed by atoms with Crippen molar-refractivity contribution >= 4 is 28.4 Å². The van der Waals surface area contributed by atoms with Gasteiger partial charge in [-0.05, 0) is 23.1 Å². The van der Waals surface area contributed by atoms with Gasteiger partial charge in [0.1, 0.15) is 0 Å². The third-order valence-corrected chi connectivity index (χ3v) is 2.61. The third-order valence-electron chi connectivity index (χ3n) is 2.61. The van der Waals surface area contributed by atoms with E-state index in [1.165, 1.54) is 0 Å². The van der Waals surface area contributed by atoms with Gasteiger partial charge in [0, 0.05) is 17.1 Å². The molecule has 1 aliphatic heterocycles. The van der Waals surface area contributed by atoms with Gasteiger partial charge in [-0.2, -0.15) is 0 Å². The summed E-state index contributed by atoms with van der Waals surface area (Å²) in [7, 11) is 0. The van der Waals surface area contributed by atoms with Crippen LogP contribution in [0.25, 0.3) is 16.8 Å². The maximum absolute atomic E-state index is 11.4. The standard InChI is InChI=1S/C13H9NO/c15-12-8-7-10-4-1-3-9-5-2-6-11(14-12)13(9)10/h1-8H,(H,14,15). The van der Waals surface area contributed by atoms with Gasteiger partial charge in [-0.1, -0.05) is 30.3 Å². The molecule has 0 unspecified atom stereocenters. The van der Waals surface area contributed by atoms with Crippen LogP contribution in [0.2, 0.25) is 0 Å². The number of nitrogens with one attached hydrogen (secondary N) is 1. The zero-order valence-corrected chi connectivity index (χ0v) is 8.03. The lowest BCUT2D eigenvalue weighted by Crippen LogP contribution is -2.06. The highest BCUT2D eigenvalue weighted by Gasteiger charge is 2.09. The van der Waals surface area contributed by atoms with E-state index in [0.717, 1.165) is 22.0 Å². The van der Waals surface area contributed by atoms with Gasteiger partial charge in [-0.15, -0.1) is 0 Å². The van der Waals surface area contributed by atoms with Crippen molar-refractivity contribution in [1.82, 2.24) is 0 Å². The van der Waals surface area contributed by atoms with E-state index in [0.29, 0.717) is 0 Å². The highest BCUT2D eigenvalue weighted by molar-refractivity contribution is 6.13. The summed E-state index contributed by atoms with van der Waals surface area (Å²) >= 11 is 0. The van der Waals surface area contributed by atoms with Crippen LogP contribution >= 0.6 is 0 Å². The summed E-state index contributed by atoms with van der Waals surface area (Å²) in [5, 5.41) is 5.12. The second kappa shape index (κ2) is 2.95. The fourth-order valence-corrected chi connectivity index (χ4v) is 1.95. The normalized spacial score (nSPS) is 13.7. The Balaban J connectivity index is 2.47. The van der Waals surface area contributed by atoms with Gasteiger partial charge in [0.2, 0.25) is 5.91 Å². The Hall–Kier alpha value is -2.09. The predicted octanol–water partition coefficient (Wildman–Crippen LogP) is 2.81. The summed E-state index contributed by atoms with van der Waals surface area (Å²) in [6.45, 7) is 0. The molecule has 0 fully saturated rings. The minimum Gasteiger partial charge on any atom is -0.322 e. The van der Waals surface area contributed by atoms with Gasteiger partial charge in [-0.25, -0.2) is 0 Å². The first kappa shape index (κ1) is 8.24. The van der Waals surface area contributed by atoms with E-state index in [1.54, 1.807) is 6.08 Å². The molecule has 72 valence electrons. The Bertz CT molecular complexity index is 579. The Labute approximate surface area is 87.2 Å². The topological polar surface area (TPSA) is 29.1 Å². The molecule has 0 radical (unpaired) electrons. The molecule has 0 saturated carbocycles. The molecule has 2 aromatic rings. The Kier molecular flexibility index (Phi) is 1.62. The van der Waals surface area contributed by atoms with E-state index in [4.69, 9.17) is 0 Å². The average Bonchev–Trinajstić information content (AvgIpc) is 2.41. The number of hydrogen-bond donors (Lipinski definition) is 1. The number of amides is 1. The van der Waals surface area contributed by atoms with E-state index < -0.39 is 0 Å². The molecule has 2 aromatic carbocycles. The second-order valence-electron chi connectivity index (χ2n) is 3.57. The van der Waals surface area contributed by atoms with Crippen LogP contribution < -0.4 is 5.32 Å².